The highest BCUT2D eigenvalue weighted by Crippen LogP contribution is 2.34. The van der Waals surface area contributed by atoms with Gasteiger partial charge in [0.1, 0.15) is 11.4 Å². The number of aryl methyl sites for hydroxylation is 1. The zero-order valence-corrected chi connectivity index (χ0v) is 10.6. The van der Waals surface area contributed by atoms with Gasteiger partial charge >= 0.3 is 0 Å². The molecule has 0 saturated heterocycles. The minimum absolute atomic E-state index is 0.0906. The monoisotopic (exact) mass is 235 g/mol. The summed E-state index contributed by atoms with van der Waals surface area (Å²) < 4.78 is 5.97. The second-order valence-electron chi connectivity index (χ2n) is 5.35. The SMILES string of the molecule is CC1(C)CCc2ccc(C(N)CCO)cc2O1. The summed E-state index contributed by atoms with van der Waals surface area (Å²) in [7, 11) is 0. The maximum Gasteiger partial charge on any atom is 0.123 e. The van der Waals surface area contributed by atoms with Crippen LogP contribution >= 0.6 is 0 Å². The predicted octanol–water partition coefficient (Wildman–Crippen LogP) is 2.17. The van der Waals surface area contributed by atoms with Crippen molar-refractivity contribution >= 4 is 0 Å². The molecular weight excluding hydrogens is 214 g/mol. The highest BCUT2D eigenvalue weighted by Gasteiger charge is 2.26. The van der Waals surface area contributed by atoms with Crippen LogP contribution in [-0.4, -0.2) is 17.3 Å². The molecule has 3 heteroatoms. The molecule has 1 atom stereocenters. The number of aliphatic hydroxyl groups is 1. The number of ether oxygens (including phenoxy) is 1. The first-order valence-corrected chi connectivity index (χ1v) is 6.20. The lowest BCUT2D eigenvalue weighted by molar-refractivity contribution is 0.0845. The third kappa shape index (κ3) is 2.79. The number of fused-ring (bicyclic) bond motifs is 1. The second-order valence-corrected chi connectivity index (χ2v) is 5.35. The fourth-order valence-electron chi connectivity index (χ4n) is 2.19. The van der Waals surface area contributed by atoms with Crippen LogP contribution in [0.1, 0.15) is 43.9 Å². The molecule has 3 N–H and O–H groups in total. The Labute approximate surface area is 103 Å². The van der Waals surface area contributed by atoms with Crippen molar-refractivity contribution < 1.29 is 9.84 Å². The molecule has 0 amide bonds. The van der Waals surface area contributed by atoms with Gasteiger partial charge < -0.3 is 15.6 Å². The molecule has 0 spiro atoms. The quantitative estimate of drug-likeness (QED) is 0.844. The molecule has 3 nitrogen and oxygen atoms in total. The fraction of sp³-hybridized carbons (Fsp3) is 0.571. The van der Waals surface area contributed by atoms with Crippen molar-refractivity contribution in [2.45, 2.75) is 44.8 Å². The van der Waals surface area contributed by atoms with Gasteiger partial charge in [0.25, 0.3) is 0 Å². The lowest BCUT2D eigenvalue weighted by Crippen LogP contribution is -2.32. The molecule has 0 fully saturated rings. The van der Waals surface area contributed by atoms with Crippen molar-refractivity contribution in [3.05, 3.63) is 29.3 Å². The van der Waals surface area contributed by atoms with Crippen LogP contribution in [0.15, 0.2) is 18.2 Å². The molecule has 0 aliphatic carbocycles. The summed E-state index contributed by atoms with van der Waals surface area (Å²) in [6.07, 6.45) is 2.68. The zero-order chi connectivity index (χ0) is 12.5. The van der Waals surface area contributed by atoms with Gasteiger partial charge in [0.15, 0.2) is 0 Å². The summed E-state index contributed by atoms with van der Waals surface area (Å²) in [5.74, 6) is 0.951. The van der Waals surface area contributed by atoms with Gasteiger partial charge in [-0.3, -0.25) is 0 Å². The molecule has 2 rings (SSSR count). The van der Waals surface area contributed by atoms with Gasteiger partial charge in [-0.2, -0.15) is 0 Å². The van der Waals surface area contributed by atoms with E-state index in [2.05, 4.69) is 19.9 Å². The first kappa shape index (κ1) is 12.4. The number of nitrogens with two attached hydrogens (primary N) is 1. The minimum atomic E-state index is -0.112. The van der Waals surface area contributed by atoms with Gasteiger partial charge in [0, 0.05) is 12.6 Å². The van der Waals surface area contributed by atoms with Gasteiger partial charge in [-0.05, 0) is 50.3 Å². The first-order valence-electron chi connectivity index (χ1n) is 6.20. The van der Waals surface area contributed by atoms with Crippen LogP contribution in [0.4, 0.5) is 0 Å². The van der Waals surface area contributed by atoms with Crippen LogP contribution in [0.5, 0.6) is 5.75 Å². The summed E-state index contributed by atoms with van der Waals surface area (Å²) in [5.41, 5.74) is 8.19. The molecule has 17 heavy (non-hydrogen) atoms. The Morgan fingerprint density at radius 2 is 2.24 bits per heavy atom. The van der Waals surface area contributed by atoms with Crippen molar-refractivity contribution in [2.75, 3.05) is 6.61 Å². The van der Waals surface area contributed by atoms with E-state index in [1.54, 1.807) is 0 Å². The number of rotatable bonds is 3. The Hall–Kier alpha value is -1.06. The Morgan fingerprint density at radius 1 is 1.47 bits per heavy atom. The molecule has 1 heterocycles. The number of hydrogen-bond donors (Lipinski definition) is 2. The van der Waals surface area contributed by atoms with Crippen molar-refractivity contribution in [3.63, 3.8) is 0 Å². The highest BCUT2D eigenvalue weighted by molar-refractivity contribution is 5.40. The Balaban J connectivity index is 2.24. The van der Waals surface area contributed by atoms with Gasteiger partial charge in [-0.1, -0.05) is 12.1 Å². The van der Waals surface area contributed by atoms with E-state index < -0.39 is 0 Å². The number of benzene rings is 1. The Kier molecular flexibility index (Phi) is 3.40. The van der Waals surface area contributed by atoms with E-state index in [4.69, 9.17) is 15.6 Å². The van der Waals surface area contributed by atoms with Crippen LogP contribution in [0.25, 0.3) is 0 Å². The molecule has 1 aliphatic heterocycles. The third-order valence-corrected chi connectivity index (χ3v) is 3.34. The van der Waals surface area contributed by atoms with Crippen molar-refractivity contribution in [2.24, 2.45) is 5.73 Å². The summed E-state index contributed by atoms with van der Waals surface area (Å²) in [6, 6.07) is 6.05. The van der Waals surface area contributed by atoms with Gasteiger partial charge in [0.2, 0.25) is 0 Å². The van der Waals surface area contributed by atoms with Gasteiger partial charge in [-0.25, -0.2) is 0 Å². The van der Waals surface area contributed by atoms with Crippen LogP contribution < -0.4 is 10.5 Å². The first-order chi connectivity index (χ1) is 8.02. The third-order valence-electron chi connectivity index (χ3n) is 3.34. The average molecular weight is 235 g/mol. The molecule has 0 bridgehead atoms. The summed E-state index contributed by atoms with van der Waals surface area (Å²) in [5, 5.41) is 8.91. The highest BCUT2D eigenvalue weighted by atomic mass is 16.5. The van der Waals surface area contributed by atoms with Crippen LogP contribution in [0, 0.1) is 0 Å². The summed E-state index contributed by atoms with van der Waals surface area (Å²) in [6.45, 7) is 4.33. The van der Waals surface area contributed by atoms with E-state index in [0.717, 1.165) is 24.2 Å². The van der Waals surface area contributed by atoms with E-state index >= 15 is 0 Å². The molecule has 0 radical (unpaired) electrons. The van der Waals surface area contributed by atoms with Crippen LogP contribution in [-0.2, 0) is 6.42 Å². The van der Waals surface area contributed by atoms with E-state index in [-0.39, 0.29) is 18.2 Å². The van der Waals surface area contributed by atoms with E-state index in [1.165, 1.54) is 5.56 Å². The lowest BCUT2D eigenvalue weighted by atomic mass is 9.92. The molecule has 1 aliphatic rings. The maximum absolute atomic E-state index is 8.91. The van der Waals surface area contributed by atoms with Crippen molar-refractivity contribution in [1.82, 2.24) is 0 Å². The van der Waals surface area contributed by atoms with E-state index in [9.17, 15) is 0 Å². The normalized spacial score (nSPS) is 19.3. The summed E-state index contributed by atoms with van der Waals surface area (Å²) in [4.78, 5) is 0. The molecule has 1 unspecified atom stereocenters. The molecule has 1 aromatic rings. The molecule has 0 saturated carbocycles. The average Bonchev–Trinajstić information content (AvgIpc) is 2.27. The van der Waals surface area contributed by atoms with E-state index in [1.807, 2.05) is 12.1 Å². The largest absolute Gasteiger partial charge is 0.488 e. The molecule has 1 aromatic carbocycles. The molecule has 0 aromatic heterocycles. The van der Waals surface area contributed by atoms with Crippen LogP contribution in [0.2, 0.25) is 0 Å². The van der Waals surface area contributed by atoms with Gasteiger partial charge in [0.05, 0.1) is 0 Å². The second kappa shape index (κ2) is 4.67. The number of aliphatic hydroxyl groups excluding tert-OH is 1. The minimum Gasteiger partial charge on any atom is -0.488 e. The smallest absolute Gasteiger partial charge is 0.123 e. The standard InChI is InChI=1S/C14H21NO2/c1-14(2)7-5-10-3-4-11(9-13(10)17-14)12(15)6-8-16/h3-4,9,12,16H,5-8,15H2,1-2H3. The zero-order valence-electron chi connectivity index (χ0n) is 10.6. The molecule has 94 valence electrons. The Bertz CT molecular complexity index is 401. The van der Waals surface area contributed by atoms with Crippen molar-refractivity contribution in [3.8, 4) is 5.75 Å². The summed E-state index contributed by atoms with van der Waals surface area (Å²) >= 11 is 0. The maximum atomic E-state index is 8.91. The fourth-order valence-corrected chi connectivity index (χ4v) is 2.19. The van der Waals surface area contributed by atoms with E-state index in [0.29, 0.717) is 6.42 Å². The van der Waals surface area contributed by atoms with Crippen LogP contribution in [0.3, 0.4) is 0 Å². The Morgan fingerprint density at radius 3 is 2.94 bits per heavy atom. The topological polar surface area (TPSA) is 55.5 Å². The van der Waals surface area contributed by atoms with Crippen molar-refractivity contribution in [1.29, 1.82) is 0 Å². The predicted molar refractivity (Wildman–Crippen MR) is 68.1 cm³/mol. The number of hydrogen-bond acceptors (Lipinski definition) is 3. The lowest BCUT2D eigenvalue weighted by Gasteiger charge is -2.33. The molecular formula is C14H21NO2. The van der Waals surface area contributed by atoms with Gasteiger partial charge in [-0.15, -0.1) is 0 Å².